The highest BCUT2D eigenvalue weighted by molar-refractivity contribution is 6.01. The number of benzene rings is 2. The van der Waals surface area contributed by atoms with Gasteiger partial charge >= 0.3 is 0 Å². The molecule has 2 saturated heterocycles. The van der Waals surface area contributed by atoms with Crippen LogP contribution >= 0.6 is 0 Å². The number of rotatable bonds is 6. The second-order valence-corrected chi connectivity index (χ2v) is 10.8. The average molecular weight is 494 g/mol. The number of carbonyl (C=O) groups is 1. The van der Waals surface area contributed by atoms with Crippen LogP contribution in [0, 0.1) is 5.92 Å². The molecule has 4 heterocycles. The van der Waals surface area contributed by atoms with Gasteiger partial charge in [0, 0.05) is 40.5 Å². The highest BCUT2D eigenvalue weighted by Crippen LogP contribution is 2.41. The minimum absolute atomic E-state index is 0.0630. The number of piperidine rings is 1. The number of H-pyrrole nitrogens is 1. The van der Waals surface area contributed by atoms with E-state index in [0.717, 1.165) is 66.4 Å². The molecule has 1 saturated carbocycles. The van der Waals surface area contributed by atoms with Gasteiger partial charge in [0.1, 0.15) is 0 Å². The molecule has 3 N–H and O–H groups in total. The third kappa shape index (κ3) is 4.17. The van der Waals surface area contributed by atoms with E-state index in [2.05, 4.69) is 49.7 Å². The van der Waals surface area contributed by atoms with E-state index in [4.69, 9.17) is 0 Å². The van der Waals surface area contributed by atoms with Crippen molar-refractivity contribution in [2.24, 2.45) is 5.92 Å². The number of pyridine rings is 1. The monoisotopic (exact) mass is 493 g/mol. The molecule has 3 aliphatic rings. The number of aromatic amines is 1. The lowest BCUT2D eigenvalue weighted by Crippen LogP contribution is -2.44. The fraction of sp³-hybridized carbons (Fsp3) is 0.367. The van der Waals surface area contributed by atoms with Crippen LogP contribution in [-0.4, -0.2) is 44.4 Å². The Hall–Kier alpha value is -3.71. The zero-order chi connectivity index (χ0) is 24.9. The summed E-state index contributed by atoms with van der Waals surface area (Å²) in [7, 11) is 0. The van der Waals surface area contributed by atoms with Crippen LogP contribution in [0.15, 0.2) is 66.9 Å². The molecular formula is C30H31N5O2. The van der Waals surface area contributed by atoms with Crippen molar-refractivity contribution >= 4 is 22.5 Å². The number of hydrogen-bond acceptors (Lipinski definition) is 5. The van der Waals surface area contributed by atoms with Crippen LogP contribution in [0.1, 0.15) is 60.6 Å². The number of aliphatic hydroxyl groups is 1. The second-order valence-electron chi connectivity index (χ2n) is 10.8. The summed E-state index contributed by atoms with van der Waals surface area (Å²) in [4.78, 5) is 20.3. The normalized spacial score (nSPS) is 23.8. The third-order valence-corrected chi connectivity index (χ3v) is 8.36. The van der Waals surface area contributed by atoms with Gasteiger partial charge in [-0.2, -0.15) is 5.10 Å². The first kappa shape index (κ1) is 22.5. The number of amides is 1. The number of aromatic nitrogens is 3. The van der Waals surface area contributed by atoms with Gasteiger partial charge in [0.05, 0.1) is 29.1 Å². The Labute approximate surface area is 215 Å². The fourth-order valence-electron chi connectivity index (χ4n) is 6.38. The van der Waals surface area contributed by atoms with Crippen molar-refractivity contribution in [3.05, 3.63) is 78.1 Å². The molecule has 2 aromatic heterocycles. The largest absolute Gasteiger partial charge is 0.393 e. The van der Waals surface area contributed by atoms with Gasteiger partial charge in [-0.1, -0.05) is 18.2 Å². The number of nitrogens with zero attached hydrogens (tertiary/aromatic N) is 3. The van der Waals surface area contributed by atoms with Crippen LogP contribution < -0.4 is 10.2 Å². The summed E-state index contributed by atoms with van der Waals surface area (Å²) in [5, 5.41) is 22.0. The SMILES string of the molecule is O=C(N[C@@H](c1ccccn1)C1CC1)c1ccc2[nH]nc(-c3ccc(N4[C@@H]5CC[C@H]4C[C@@H](O)C5)cc3)c2c1. The van der Waals surface area contributed by atoms with Crippen LogP contribution in [0.4, 0.5) is 5.69 Å². The van der Waals surface area contributed by atoms with Crippen LogP contribution in [0.3, 0.4) is 0 Å². The Morgan fingerprint density at radius 1 is 1.00 bits per heavy atom. The summed E-state index contributed by atoms with van der Waals surface area (Å²) >= 11 is 0. The molecule has 4 atom stereocenters. The number of anilines is 1. The molecule has 1 aliphatic carbocycles. The van der Waals surface area contributed by atoms with Crippen molar-refractivity contribution in [2.75, 3.05) is 4.90 Å². The molecule has 1 amide bonds. The van der Waals surface area contributed by atoms with Crippen molar-refractivity contribution in [1.82, 2.24) is 20.5 Å². The summed E-state index contributed by atoms with van der Waals surface area (Å²) in [6.07, 6.45) is 7.86. The first-order chi connectivity index (χ1) is 18.1. The summed E-state index contributed by atoms with van der Waals surface area (Å²) in [6, 6.07) is 20.9. The molecule has 0 radical (unpaired) electrons. The molecule has 7 nitrogen and oxygen atoms in total. The number of hydrogen-bond donors (Lipinski definition) is 3. The van der Waals surface area contributed by atoms with Crippen LogP contribution in [0.25, 0.3) is 22.2 Å². The predicted octanol–water partition coefficient (Wildman–Crippen LogP) is 5.00. The number of nitrogens with one attached hydrogen (secondary N) is 2. The van der Waals surface area contributed by atoms with E-state index < -0.39 is 0 Å². The van der Waals surface area contributed by atoms with Gasteiger partial charge in [0.2, 0.25) is 0 Å². The van der Waals surface area contributed by atoms with Gasteiger partial charge in [-0.25, -0.2) is 0 Å². The zero-order valence-electron chi connectivity index (χ0n) is 20.7. The lowest BCUT2D eigenvalue weighted by molar-refractivity contribution is 0.0930. The highest BCUT2D eigenvalue weighted by Gasteiger charge is 2.40. The summed E-state index contributed by atoms with van der Waals surface area (Å²) < 4.78 is 0. The summed E-state index contributed by atoms with van der Waals surface area (Å²) in [5.41, 5.74) is 5.51. The number of fused-ring (bicyclic) bond motifs is 3. The minimum Gasteiger partial charge on any atom is -0.393 e. The van der Waals surface area contributed by atoms with Gasteiger partial charge in [0.25, 0.3) is 5.91 Å². The van der Waals surface area contributed by atoms with E-state index in [1.54, 1.807) is 6.20 Å². The molecule has 2 bridgehead atoms. The zero-order valence-corrected chi connectivity index (χ0v) is 20.7. The quantitative estimate of drug-likeness (QED) is 0.352. The van der Waals surface area contributed by atoms with E-state index in [-0.39, 0.29) is 18.1 Å². The van der Waals surface area contributed by atoms with E-state index in [1.807, 2.05) is 36.4 Å². The first-order valence-electron chi connectivity index (χ1n) is 13.4. The lowest BCUT2D eigenvalue weighted by Gasteiger charge is -2.39. The van der Waals surface area contributed by atoms with Crippen molar-refractivity contribution in [2.45, 2.75) is 62.8 Å². The fourth-order valence-corrected chi connectivity index (χ4v) is 6.38. The van der Waals surface area contributed by atoms with Crippen LogP contribution in [0.5, 0.6) is 0 Å². The van der Waals surface area contributed by atoms with Gasteiger partial charge in [-0.05, 0) is 86.9 Å². The Balaban J connectivity index is 1.14. The molecular weight excluding hydrogens is 462 g/mol. The Morgan fingerprint density at radius 3 is 2.49 bits per heavy atom. The molecule has 0 unspecified atom stereocenters. The first-order valence-corrected chi connectivity index (χ1v) is 13.4. The van der Waals surface area contributed by atoms with Crippen molar-refractivity contribution in [3.63, 3.8) is 0 Å². The topological polar surface area (TPSA) is 94.1 Å². The van der Waals surface area contributed by atoms with Gasteiger partial charge in [-0.15, -0.1) is 0 Å². The van der Waals surface area contributed by atoms with E-state index in [0.29, 0.717) is 23.6 Å². The predicted molar refractivity (Wildman–Crippen MR) is 143 cm³/mol. The highest BCUT2D eigenvalue weighted by atomic mass is 16.3. The van der Waals surface area contributed by atoms with Gasteiger partial charge in [0.15, 0.2) is 0 Å². The standard InChI is InChI=1S/C30H31N5O2/c36-24-16-22-11-12-23(17-24)35(22)21-9-6-18(7-10-21)28-25-15-20(8-13-26(25)33-34-28)30(37)32-29(19-4-5-19)27-3-1-2-14-31-27/h1-3,6-10,13-15,19,22-24,29,36H,4-5,11-12,16-17H2,(H,32,37)(H,33,34)/t22-,23+,24+,29-/m1/s1. The van der Waals surface area contributed by atoms with Crippen LogP contribution in [0.2, 0.25) is 0 Å². The van der Waals surface area contributed by atoms with Crippen molar-refractivity contribution in [1.29, 1.82) is 0 Å². The molecule has 4 aromatic rings. The number of aliphatic hydroxyl groups excluding tert-OH is 1. The lowest BCUT2D eigenvalue weighted by atomic mass is 9.98. The molecule has 7 rings (SSSR count). The molecule has 2 aliphatic heterocycles. The maximum absolute atomic E-state index is 13.3. The minimum atomic E-state index is -0.168. The van der Waals surface area contributed by atoms with Gasteiger partial charge < -0.3 is 15.3 Å². The maximum atomic E-state index is 13.3. The summed E-state index contributed by atoms with van der Waals surface area (Å²) in [6.45, 7) is 0. The van der Waals surface area contributed by atoms with E-state index in [1.165, 1.54) is 5.69 Å². The maximum Gasteiger partial charge on any atom is 0.251 e. The third-order valence-electron chi connectivity index (χ3n) is 8.36. The molecule has 188 valence electrons. The second kappa shape index (κ2) is 8.99. The molecule has 2 aromatic carbocycles. The number of carbonyl (C=O) groups excluding carboxylic acids is 1. The van der Waals surface area contributed by atoms with Crippen molar-refractivity contribution < 1.29 is 9.90 Å². The van der Waals surface area contributed by atoms with Crippen molar-refractivity contribution in [3.8, 4) is 11.3 Å². The average Bonchev–Trinajstić information content (AvgIpc) is 3.62. The smallest absolute Gasteiger partial charge is 0.251 e. The Kier molecular flexibility index (Phi) is 5.47. The molecule has 37 heavy (non-hydrogen) atoms. The molecule has 3 fully saturated rings. The Morgan fingerprint density at radius 2 is 1.78 bits per heavy atom. The van der Waals surface area contributed by atoms with Gasteiger partial charge in [-0.3, -0.25) is 14.9 Å². The van der Waals surface area contributed by atoms with Crippen LogP contribution in [-0.2, 0) is 0 Å². The van der Waals surface area contributed by atoms with E-state index in [9.17, 15) is 9.90 Å². The molecule has 7 heteroatoms. The van der Waals surface area contributed by atoms with E-state index >= 15 is 0 Å². The summed E-state index contributed by atoms with van der Waals surface area (Å²) in [5.74, 6) is 0.360. The molecule has 0 spiro atoms. The Bertz CT molecular complexity index is 1420.